The van der Waals surface area contributed by atoms with Gasteiger partial charge in [0.2, 0.25) is 0 Å². The van der Waals surface area contributed by atoms with Crippen molar-refractivity contribution >= 4 is 0 Å². The zero-order valence-corrected chi connectivity index (χ0v) is 11.8. The van der Waals surface area contributed by atoms with Crippen LogP contribution in [-0.4, -0.2) is 16.0 Å². The fourth-order valence-corrected chi connectivity index (χ4v) is 3.68. The van der Waals surface area contributed by atoms with Gasteiger partial charge in [0.1, 0.15) is 5.82 Å². The van der Waals surface area contributed by atoms with E-state index in [4.69, 9.17) is 0 Å². The van der Waals surface area contributed by atoms with Crippen LogP contribution < -0.4 is 10.9 Å². The fraction of sp³-hybridized carbons (Fsp3) is 0.733. The molecule has 2 aliphatic carbocycles. The Labute approximate surface area is 114 Å². The first-order valence-corrected chi connectivity index (χ1v) is 7.45. The predicted molar refractivity (Wildman–Crippen MR) is 75.0 cm³/mol. The topological polar surface area (TPSA) is 57.8 Å². The lowest BCUT2D eigenvalue weighted by Gasteiger charge is -2.21. The van der Waals surface area contributed by atoms with Crippen LogP contribution in [0.2, 0.25) is 0 Å². The number of nitrogens with zero attached hydrogens (tertiary/aromatic N) is 1. The first-order valence-electron chi connectivity index (χ1n) is 7.45. The Hall–Kier alpha value is -1.16. The van der Waals surface area contributed by atoms with E-state index >= 15 is 0 Å². The van der Waals surface area contributed by atoms with E-state index in [0.29, 0.717) is 18.5 Å². The van der Waals surface area contributed by atoms with Crippen LogP contribution in [0.4, 0.5) is 0 Å². The summed E-state index contributed by atoms with van der Waals surface area (Å²) in [6.45, 7) is 4.88. The van der Waals surface area contributed by atoms with Crippen molar-refractivity contribution in [2.45, 2.75) is 58.0 Å². The first-order chi connectivity index (χ1) is 9.11. The van der Waals surface area contributed by atoms with Crippen molar-refractivity contribution in [3.63, 3.8) is 0 Å². The SMILES string of the molecule is CC(C)NCc1cc(=O)[nH]c(C2CC3CCC2C3)n1. The molecule has 0 radical (unpaired) electrons. The van der Waals surface area contributed by atoms with Crippen molar-refractivity contribution < 1.29 is 0 Å². The molecule has 2 aliphatic rings. The van der Waals surface area contributed by atoms with E-state index in [2.05, 4.69) is 29.1 Å². The van der Waals surface area contributed by atoms with Crippen LogP contribution in [0.5, 0.6) is 0 Å². The minimum Gasteiger partial charge on any atom is -0.310 e. The van der Waals surface area contributed by atoms with Crippen LogP contribution in [0.15, 0.2) is 10.9 Å². The highest BCUT2D eigenvalue weighted by Crippen LogP contribution is 2.51. The largest absolute Gasteiger partial charge is 0.310 e. The Bertz CT molecular complexity index is 508. The number of nitrogens with one attached hydrogen (secondary N) is 2. The van der Waals surface area contributed by atoms with E-state index in [1.165, 1.54) is 25.7 Å². The molecular weight excluding hydrogens is 238 g/mol. The van der Waals surface area contributed by atoms with Crippen LogP contribution in [0.25, 0.3) is 0 Å². The van der Waals surface area contributed by atoms with Gasteiger partial charge < -0.3 is 10.3 Å². The molecule has 4 nitrogen and oxygen atoms in total. The third-order valence-corrected chi connectivity index (χ3v) is 4.59. The molecule has 2 bridgehead atoms. The van der Waals surface area contributed by atoms with E-state index in [-0.39, 0.29) is 5.56 Å². The van der Waals surface area contributed by atoms with Gasteiger partial charge >= 0.3 is 0 Å². The lowest BCUT2D eigenvalue weighted by molar-refractivity contribution is 0.403. The molecule has 0 aliphatic heterocycles. The summed E-state index contributed by atoms with van der Waals surface area (Å²) in [5, 5.41) is 3.33. The molecule has 2 N–H and O–H groups in total. The van der Waals surface area contributed by atoms with Gasteiger partial charge in [-0.25, -0.2) is 4.98 Å². The smallest absolute Gasteiger partial charge is 0.251 e. The molecule has 3 atom stereocenters. The third-order valence-electron chi connectivity index (χ3n) is 4.59. The second-order valence-corrected chi connectivity index (χ2v) is 6.44. The van der Waals surface area contributed by atoms with Crippen molar-refractivity contribution in [3.8, 4) is 0 Å². The molecule has 0 spiro atoms. The molecule has 0 amide bonds. The second kappa shape index (κ2) is 5.08. The second-order valence-electron chi connectivity index (χ2n) is 6.44. The van der Waals surface area contributed by atoms with Gasteiger partial charge in [-0.1, -0.05) is 20.3 Å². The van der Waals surface area contributed by atoms with Gasteiger partial charge in [-0.05, 0) is 31.1 Å². The number of rotatable bonds is 4. The van der Waals surface area contributed by atoms with Gasteiger partial charge in [-0.2, -0.15) is 0 Å². The van der Waals surface area contributed by atoms with Crippen molar-refractivity contribution in [3.05, 3.63) is 27.9 Å². The quantitative estimate of drug-likeness (QED) is 0.873. The molecule has 104 valence electrons. The number of H-pyrrole nitrogens is 1. The van der Waals surface area contributed by atoms with Crippen LogP contribution in [0.3, 0.4) is 0 Å². The fourth-order valence-electron chi connectivity index (χ4n) is 3.68. The summed E-state index contributed by atoms with van der Waals surface area (Å²) in [6.07, 6.45) is 5.24. The summed E-state index contributed by atoms with van der Waals surface area (Å²) in [5.74, 6) is 3.05. The van der Waals surface area contributed by atoms with Crippen LogP contribution in [-0.2, 0) is 6.54 Å². The Balaban J connectivity index is 1.80. The molecule has 3 rings (SSSR count). The summed E-state index contributed by atoms with van der Waals surface area (Å²) in [7, 11) is 0. The van der Waals surface area contributed by atoms with Crippen LogP contribution >= 0.6 is 0 Å². The van der Waals surface area contributed by atoms with Gasteiger partial charge in [-0.3, -0.25) is 4.79 Å². The van der Waals surface area contributed by atoms with E-state index in [1.807, 2.05) is 0 Å². The molecule has 2 saturated carbocycles. The summed E-state index contributed by atoms with van der Waals surface area (Å²) >= 11 is 0. The molecule has 3 unspecified atom stereocenters. The Kier molecular flexibility index (Phi) is 3.44. The maximum atomic E-state index is 11.8. The van der Waals surface area contributed by atoms with Gasteiger partial charge in [0, 0.05) is 24.6 Å². The normalized spacial score (nSPS) is 29.3. The highest BCUT2D eigenvalue weighted by Gasteiger charge is 2.41. The number of fused-ring (bicyclic) bond motifs is 2. The predicted octanol–water partition coefficient (Wildman–Crippen LogP) is 2.17. The molecule has 2 fully saturated rings. The summed E-state index contributed by atoms with van der Waals surface area (Å²) in [5.41, 5.74) is 0.864. The monoisotopic (exact) mass is 261 g/mol. The molecule has 0 aromatic carbocycles. The minimum atomic E-state index is -0.00618. The zero-order valence-electron chi connectivity index (χ0n) is 11.8. The average molecular weight is 261 g/mol. The Morgan fingerprint density at radius 2 is 2.26 bits per heavy atom. The van der Waals surface area contributed by atoms with Crippen molar-refractivity contribution in [2.24, 2.45) is 11.8 Å². The molecule has 4 heteroatoms. The lowest BCUT2D eigenvalue weighted by Crippen LogP contribution is -2.25. The van der Waals surface area contributed by atoms with E-state index in [1.54, 1.807) is 6.07 Å². The maximum Gasteiger partial charge on any atom is 0.251 e. The van der Waals surface area contributed by atoms with Gasteiger partial charge in [-0.15, -0.1) is 0 Å². The summed E-state index contributed by atoms with van der Waals surface area (Å²) in [4.78, 5) is 19.5. The lowest BCUT2D eigenvalue weighted by atomic mass is 9.88. The minimum absolute atomic E-state index is 0.00618. The molecule has 0 saturated heterocycles. The molecule has 1 aromatic heterocycles. The van der Waals surface area contributed by atoms with Gasteiger partial charge in [0.15, 0.2) is 0 Å². The molecule has 19 heavy (non-hydrogen) atoms. The van der Waals surface area contributed by atoms with Crippen molar-refractivity contribution in [2.75, 3.05) is 0 Å². The van der Waals surface area contributed by atoms with Crippen LogP contribution in [0, 0.1) is 11.8 Å². The van der Waals surface area contributed by atoms with Crippen LogP contribution in [0.1, 0.15) is 57.0 Å². The summed E-state index contributed by atoms with van der Waals surface area (Å²) in [6, 6.07) is 2.03. The Morgan fingerprint density at radius 3 is 2.89 bits per heavy atom. The number of hydrogen-bond acceptors (Lipinski definition) is 3. The highest BCUT2D eigenvalue weighted by molar-refractivity contribution is 5.11. The number of aromatic amines is 1. The van der Waals surface area contributed by atoms with Crippen molar-refractivity contribution in [1.29, 1.82) is 0 Å². The maximum absolute atomic E-state index is 11.8. The van der Waals surface area contributed by atoms with Gasteiger partial charge in [0.25, 0.3) is 5.56 Å². The average Bonchev–Trinajstić information content (AvgIpc) is 2.98. The number of aromatic nitrogens is 2. The van der Waals surface area contributed by atoms with Gasteiger partial charge in [0.05, 0.1) is 5.69 Å². The highest BCUT2D eigenvalue weighted by atomic mass is 16.1. The molecule has 1 aromatic rings. The third kappa shape index (κ3) is 2.73. The van der Waals surface area contributed by atoms with E-state index in [0.717, 1.165) is 23.4 Å². The first kappa shape index (κ1) is 12.9. The van der Waals surface area contributed by atoms with E-state index < -0.39 is 0 Å². The molecular formula is C15H23N3O. The van der Waals surface area contributed by atoms with Crippen molar-refractivity contribution in [1.82, 2.24) is 15.3 Å². The zero-order chi connectivity index (χ0) is 13.4. The molecule has 1 heterocycles. The summed E-state index contributed by atoms with van der Waals surface area (Å²) < 4.78 is 0. The van der Waals surface area contributed by atoms with E-state index in [9.17, 15) is 4.79 Å². The number of hydrogen-bond donors (Lipinski definition) is 2. The Morgan fingerprint density at radius 1 is 1.42 bits per heavy atom. The standard InChI is InChI=1S/C15H23N3O/c1-9(2)16-8-12-7-14(19)18-15(17-12)13-6-10-3-4-11(13)5-10/h7,9-11,13,16H,3-6,8H2,1-2H3,(H,17,18,19).